The monoisotopic (exact) mass is 329 g/mol. The van der Waals surface area contributed by atoms with Crippen LogP contribution in [0.25, 0.3) is 11.0 Å². The molecule has 3 rings (SSSR count). The molecule has 0 saturated carbocycles. The largest absolute Gasteiger partial charge is 0.507 e. The first-order valence-corrected chi connectivity index (χ1v) is 7.10. The zero-order valence-electron chi connectivity index (χ0n) is 17.6. The Bertz CT molecular complexity index is 1190. The number of Topliss-reactive ketones (excluding diaryl/α,β-unsaturated/α-hetero) is 1. The van der Waals surface area contributed by atoms with E-state index in [-0.39, 0.29) is 22.3 Å². The van der Waals surface area contributed by atoms with E-state index in [0.29, 0.717) is 0 Å². The topological polar surface area (TPSA) is 87.7 Å². The Morgan fingerprint density at radius 1 is 1.25 bits per heavy atom. The number of carbonyl (C=O) groups excluding carboxylic acids is 1. The predicted molar refractivity (Wildman–Crippen MR) is 89.4 cm³/mol. The van der Waals surface area contributed by atoms with Crippen LogP contribution in [0.5, 0.6) is 11.5 Å². The van der Waals surface area contributed by atoms with Crippen molar-refractivity contribution in [3.8, 4) is 11.5 Å². The van der Waals surface area contributed by atoms with Crippen LogP contribution < -0.4 is 5.63 Å². The van der Waals surface area contributed by atoms with Gasteiger partial charge in [-0.2, -0.15) is 0 Å². The average Bonchev–Trinajstić information content (AvgIpc) is 2.65. The fourth-order valence-corrected chi connectivity index (χ4v) is 2.59. The molecule has 0 saturated heterocycles. The SMILES string of the molecule is [2H]c1c([2H])c([2H])c(C(CC(C)=O)c2c(O)c3cccc(O)c3oc2=O)c([2H])c1[2H]. The maximum atomic E-state index is 12.7. The molecule has 0 aliphatic rings. The number of ketones is 1. The lowest BCUT2D eigenvalue weighted by Gasteiger charge is -2.17. The highest BCUT2D eigenvalue weighted by Crippen LogP contribution is 2.38. The smallest absolute Gasteiger partial charge is 0.343 e. The zero-order valence-corrected chi connectivity index (χ0v) is 12.6. The molecular formula is C19H16O5. The molecule has 0 aliphatic carbocycles. The average molecular weight is 329 g/mol. The quantitative estimate of drug-likeness (QED) is 0.717. The molecule has 3 aromatic rings. The second kappa shape index (κ2) is 6.20. The van der Waals surface area contributed by atoms with Gasteiger partial charge in [-0.05, 0) is 24.6 Å². The third kappa shape index (κ3) is 2.76. The summed E-state index contributed by atoms with van der Waals surface area (Å²) in [6.07, 6.45) is -0.406. The van der Waals surface area contributed by atoms with E-state index >= 15 is 0 Å². The van der Waals surface area contributed by atoms with Gasteiger partial charge >= 0.3 is 5.63 Å². The Kier molecular flexibility index (Phi) is 2.75. The maximum absolute atomic E-state index is 12.7. The molecule has 5 nitrogen and oxygen atoms in total. The van der Waals surface area contributed by atoms with Crippen LogP contribution in [0, 0.1) is 0 Å². The van der Waals surface area contributed by atoms with Gasteiger partial charge in [0.05, 0.1) is 17.8 Å². The van der Waals surface area contributed by atoms with Crippen molar-refractivity contribution in [2.75, 3.05) is 0 Å². The first-order valence-electron chi connectivity index (χ1n) is 9.60. The Labute approximate surface area is 144 Å². The van der Waals surface area contributed by atoms with Crippen LogP contribution in [0.15, 0.2) is 57.6 Å². The third-order valence-corrected chi connectivity index (χ3v) is 3.63. The van der Waals surface area contributed by atoms with Gasteiger partial charge in [-0.1, -0.05) is 36.3 Å². The fraction of sp³-hybridized carbons (Fsp3) is 0.158. The summed E-state index contributed by atoms with van der Waals surface area (Å²) < 4.78 is 44.9. The van der Waals surface area contributed by atoms with Crippen molar-refractivity contribution >= 4 is 16.8 Å². The van der Waals surface area contributed by atoms with Crippen LogP contribution in [0.3, 0.4) is 0 Å². The Morgan fingerprint density at radius 2 is 1.96 bits per heavy atom. The fourth-order valence-electron chi connectivity index (χ4n) is 2.59. The molecule has 0 spiro atoms. The predicted octanol–water partition coefficient (Wildman–Crippen LogP) is 3.32. The number of fused-ring (bicyclic) bond motifs is 1. The standard InChI is InChI=1S/C19H16O5/c1-11(20)10-14(12-6-3-2-4-7-12)16-17(22)13-8-5-9-15(21)18(13)24-19(16)23/h2-9,14,21-22H,10H2,1H3/i2D,3D,4D,6D,7D. The van der Waals surface area contributed by atoms with E-state index in [2.05, 4.69) is 0 Å². The lowest BCUT2D eigenvalue weighted by atomic mass is 9.87. The molecule has 1 atom stereocenters. The molecule has 2 N–H and O–H groups in total. The molecule has 0 bridgehead atoms. The molecule has 0 radical (unpaired) electrons. The molecule has 0 amide bonds. The molecule has 0 aliphatic heterocycles. The van der Waals surface area contributed by atoms with Crippen LogP contribution in [0.1, 0.15) is 37.2 Å². The number of benzene rings is 2. The van der Waals surface area contributed by atoms with Gasteiger partial charge in [0.25, 0.3) is 0 Å². The molecular weight excluding hydrogens is 308 g/mol. The van der Waals surface area contributed by atoms with Crippen LogP contribution in [-0.2, 0) is 4.79 Å². The number of phenols is 1. The molecule has 122 valence electrons. The number of hydrogen-bond acceptors (Lipinski definition) is 5. The lowest BCUT2D eigenvalue weighted by molar-refractivity contribution is -0.117. The number of hydrogen-bond donors (Lipinski definition) is 2. The van der Waals surface area contributed by atoms with Crippen LogP contribution in [0.4, 0.5) is 0 Å². The van der Waals surface area contributed by atoms with E-state index in [1.807, 2.05) is 0 Å². The van der Waals surface area contributed by atoms with E-state index in [1.165, 1.54) is 25.1 Å². The lowest BCUT2D eigenvalue weighted by Crippen LogP contribution is -2.16. The van der Waals surface area contributed by atoms with Crippen LogP contribution in [0.2, 0.25) is 0 Å². The summed E-state index contributed by atoms with van der Waals surface area (Å²) in [5.41, 5.74) is -2.07. The summed E-state index contributed by atoms with van der Waals surface area (Å²) in [5, 5.41) is 20.6. The molecule has 2 aromatic carbocycles. The van der Waals surface area contributed by atoms with Gasteiger partial charge in [-0.3, -0.25) is 4.79 Å². The summed E-state index contributed by atoms with van der Waals surface area (Å²) >= 11 is 0. The zero-order chi connectivity index (χ0) is 21.6. The van der Waals surface area contributed by atoms with E-state index in [4.69, 9.17) is 11.3 Å². The Hall–Kier alpha value is -3.08. The van der Waals surface area contributed by atoms with Crippen molar-refractivity contribution in [3.05, 3.63) is 70.0 Å². The molecule has 0 fully saturated rings. The number of phenolic OH excluding ortho intramolecular Hbond substituents is 1. The molecule has 5 heteroatoms. The minimum absolute atomic E-state index is 0.0134. The normalized spacial score (nSPS) is 15.1. The van der Waals surface area contributed by atoms with Gasteiger partial charge in [0.1, 0.15) is 11.5 Å². The minimum atomic E-state index is -1.34. The van der Waals surface area contributed by atoms with Crippen molar-refractivity contribution in [2.24, 2.45) is 0 Å². The van der Waals surface area contributed by atoms with Gasteiger partial charge in [-0.25, -0.2) is 4.79 Å². The number of para-hydroxylation sites is 1. The van der Waals surface area contributed by atoms with Crippen molar-refractivity contribution in [1.29, 1.82) is 0 Å². The van der Waals surface area contributed by atoms with Gasteiger partial charge in [0.2, 0.25) is 0 Å². The van der Waals surface area contributed by atoms with Crippen molar-refractivity contribution < 1.29 is 26.3 Å². The minimum Gasteiger partial charge on any atom is -0.507 e. The molecule has 24 heavy (non-hydrogen) atoms. The molecule has 1 heterocycles. The maximum Gasteiger partial charge on any atom is 0.343 e. The van der Waals surface area contributed by atoms with Crippen molar-refractivity contribution in [2.45, 2.75) is 19.3 Å². The third-order valence-electron chi connectivity index (χ3n) is 3.63. The summed E-state index contributed by atoms with van der Waals surface area (Å²) in [6, 6.07) is 0.996. The first-order chi connectivity index (χ1) is 13.6. The molecule has 1 aromatic heterocycles. The van der Waals surface area contributed by atoms with Gasteiger partial charge < -0.3 is 14.6 Å². The second-order valence-corrected chi connectivity index (χ2v) is 5.30. The summed E-state index contributed by atoms with van der Waals surface area (Å²) in [6.45, 7) is 1.22. The van der Waals surface area contributed by atoms with Crippen LogP contribution >= 0.6 is 0 Å². The van der Waals surface area contributed by atoms with Crippen molar-refractivity contribution in [1.82, 2.24) is 0 Å². The first kappa shape index (κ1) is 10.6. The van der Waals surface area contributed by atoms with Gasteiger partial charge in [-0.15, -0.1) is 0 Å². The highest BCUT2D eigenvalue weighted by atomic mass is 16.4. The van der Waals surface area contributed by atoms with Crippen LogP contribution in [-0.4, -0.2) is 16.0 Å². The number of rotatable bonds is 4. The Balaban J connectivity index is 2.43. The van der Waals surface area contributed by atoms with E-state index < -0.39 is 65.3 Å². The van der Waals surface area contributed by atoms with E-state index in [1.54, 1.807) is 0 Å². The summed E-state index contributed by atoms with van der Waals surface area (Å²) in [4.78, 5) is 24.6. The highest BCUT2D eigenvalue weighted by Gasteiger charge is 2.26. The summed E-state index contributed by atoms with van der Waals surface area (Å²) in [5.74, 6) is -2.75. The second-order valence-electron chi connectivity index (χ2n) is 5.30. The Morgan fingerprint density at radius 3 is 2.62 bits per heavy atom. The number of aromatic hydroxyl groups is 2. The highest BCUT2D eigenvalue weighted by molar-refractivity contribution is 5.89. The summed E-state index contributed by atoms with van der Waals surface area (Å²) in [7, 11) is 0. The van der Waals surface area contributed by atoms with E-state index in [9.17, 15) is 19.8 Å². The number of carbonyl (C=O) groups is 1. The van der Waals surface area contributed by atoms with Gasteiger partial charge in [0, 0.05) is 12.3 Å². The van der Waals surface area contributed by atoms with E-state index in [0.717, 1.165) is 0 Å². The van der Waals surface area contributed by atoms with Gasteiger partial charge in [0.15, 0.2) is 11.3 Å². The van der Waals surface area contributed by atoms with Crippen molar-refractivity contribution in [3.63, 3.8) is 0 Å². The molecule has 1 unspecified atom stereocenters.